The number of piperidine rings is 2. The number of fused-ring (bicyclic) bond motifs is 2. The van der Waals surface area contributed by atoms with Crippen LogP contribution in [0.15, 0.2) is 84.9 Å². The van der Waals surface area contributed by atoms with Crippen molar-refractivity contribution in [2.24, 2.45) is 0 Å². The molecule has 5 fully saturated rings. The zero-order chi connectivity index (χ0) is 65.6. The van der Waals surface area contributed by atoms with Crippen LogP contribution in [0.1, 0.15) is 223 Å². The number of hydrogen-bond acceptors (Lipinski definition) is 13. The maximum atomic E-state index is 13.7. The standard InChI is InChI=1S/C36H42FN3O4.C35H40FN3O4.C5H10O.Na.H2O/c1-5-44-33-20-29(24-8-10-26(37)11-9-24)28(23-6-7-23)18-25(33)21-39-15-12-27(13-16-39)40-17-14-32-30(35(40)41)19-31(36(42)43-4)34(38-32)22(2)3;1-4-43-32-19-28(23-7-9-25(36)10-8-23)27(22-5-6-22)17-24(32)20-38-14-11-26(12-15-38)39-16-13-31-29(34(39)40)18-30(35(41)42)33(37-31)21(2)3;1-5-3-2-4-6-5;;/h8-11,18-20,22-23,27H,5-7,12-17,21H2,1-4H3;7-10,17-19,21-22,26H,4-6,11-16,20H2,1-3H3,(H,41,42);5H,2-4H2,1H3;;1H2/q;;;+1;/p-1. The van der Waals surface area contributed by atoms with E-state index in [0.717, 1.165) is 111 Å². The van der Waals surface area contributed by atoms with Crippen LogP contribution in [0.2, 0.25) is 0 Å². The number of carbonyl (C=O) groups excluding carboxylic acids is 3. The van der Waals surface area contributed by atoms with E-state index < -0.39 is 11.9 Å². The van der Waals surface area contributed by atoms with Gasteiger partial charge in [-0.25, -0.2) is 18.4 Å². The zero-order valence-corrected chi connectivity index (χ0v) is 59.0. The molecule has 95 heavy (non-hydrogen) atoms. The number of carboxylic acid groups (broad SMARTS) is 1. The van der Waals surface area contributed by atoms with Crippen LogP contribution in [0.5, 0.6) is 11.5 Å². The third-order valence-corrected chi connectivity index (χ3v) is 19.5. The number of nitrogens with zero attached hydrogens (tertiary/aromatic N) is 6. The van der Waals surface area contributed by atoms with E-state index in [4.69, 9.17) is 23.9 Å². The molecule has 19 heteroatoms. The smallest absolute Gasteiger partial charge is 0.870 e. The number of aromatic carboxylic acids is 1. The molecule has 13 rings (SSSR count). The number of hydrogen-bond donors (Lipinski definition) is 1. The van der Waals surface area contributed by atoms with Gasteiger partial charge in [-0.1, -0.05) is 52.0 Å². The molecule has 6 aromatic rings. The first-order chi connectivity index (χ1) is 44.9. The van der Waals surface area contributed by atoms with Crippen molar-refractivity contribution in [1.82, 2.24) is 29.6 Å². The number of benzene rings is 4. The van der Waals surface area contributed by atoms with Crippen LogP contribution in [-0.4, -0.2) is 148 Å². The van der Waals surface area contributed by atoms with Gasteiger partial charge in [0.2, 0.25) is 0 Å². The van der Waals surface area contributed by atoms with Crippen LogP contribution in [0.25, 0.3) is 22.3 Å². The Morgan fingerprint density at radius 3 is 1.34 bits per heavy atom. The minimum atomic E-state index is -1.04. The van der Waals surface area contributed by atoms with E-state index in [-0.39, 0.29) is 88.0 Å². The molecule has 502 valence electrons. The summed E-state index contributed by atoms with van der Waals surface area (Å²) < 4.78 is 49.7. The Kier molecular flexibility index (Phi) is 24.9. The first-order valence-corrected chi connectivity index (χ1v) is 34.1. The minimum Gasteiger partial charge on any atom is -0.870 e. The van der Waals surface area contributed by atoms with Crippen molar-refractivity contribution in [3.63, 3.8) is 0 Å². The molecule has 2 saturated carbocycles. The van der Waals surface area contributed by atoms with Crippen molar-refractivity contribution in [1.29, 1.82) is 0 Å². The number of carbonyl (C=O) groups is 4. The van der Waals surface area contributed by atoms with Gasteiger partial charge in [-0.05, 0) is 203 Å². The quantitative estimate of drug-likeness (QED) is 0.0631. The Bertz CT molecular complexity index is 3670. The van der Waals surface area contributed by atoms with Crippen molar-refractivity contribution in [2.75, 3.05) is 66.2 Å². The van der Waals surface area contributed by atoms with E-state index in [1.165, 1.54) is 92.2 Å². The number of methoxy groups -OCH3 is 1. The third-order valence-electron chi connectivity index (χ3n) is 19.5. The van der Waals surface area contributed by atoms with Crippen molar-refractivity contribution < 1.29 is 87.0 Å². The second kappa shape index (κ2) is 32.6. The molecule has 2 N–H and O–H groups in total. The molecule has 7 heterocycles. The van der Waals surface area contributed by atoms with Crippen LogP contribution in [-0.2, 0) is 35.4 Å². The summed E-state index contributed by atoms with van der Waals surface area (Å²) in [4.78, 5) is 69.9. The molecule has 4 aromatic carbocycles. The Morgan fingerprint density at radius 1 is 0.589 bits per heavy atom. The van der Waals surface area contributed by atoms with Crippen molar-refractivity contribution >= 4 is 23.8 Å². The Morgan fingerprint density at radius 2 is 1.00 bits per heavy atom. The summed E-state index contributed by atoms with van der Waals surface area (Å²) in [6.07, 6.45) is 12.6. The monoisotopic (exact) mass is 1310 g/mol. The van der Waals surface area contributed by atoms with Crippen LogP contribution in [0.3, 0.4) is 0 Å². The number of esters is 1. The third kappa shape index (κ3) is 17.2. The molecular formula is C76H93F2N6NaO10. The Hall–Kier alpha value is -6.64. The predicted octanol–water partition coefficient (Wildman–Crippen LogP) is 11.4. The van der Waals surface area contributed by atoms with Gasteiger partial charge in [0.25, 0.3) is 11.8 Å². The second-order valence-corrected chi connectivity index (χ2v) is 26.8. The number of likely N-dealkylation sites (tertiary alicyclic amines) is 2. The molecule has 1 unspecified atom stereocenters. The Balaban J connectivity index is 0.000000201. The van der Waals surface area contributed by atoms with E-state index in [9.17, 15) is 33.1 Å². The van der Waals surface area contributed by atoms with Gasteiger partial charge >= 0.3 is 41.5 Å². The van der Waals surface area contributed by atoms with Gasteiger partial charge in [0.05, 0.1) is 71.5 Å². The maximum absolute atomic E-state index is 13.7. The van der Waals surface area contributed by atoms with Crippen LogP contribution >= 0.6 is 0 Å². The van der Waals surface area contributed by atoms with E-state index >= 15 is 0 Å². The molecule has 0 spiro atoms. The minimum absolute atomic E-state index is 0. The molecule has 0 bridgehead atoms. The van der Waals surface area contributed by atoms with Gasteiger partial charge in [0.1, 0.15) is 23.1 Å². The summed E-state index contributed by atoms with van der Waals surface area (Å²) >= 11 is 0. The SMILES string of the molecule is CC1CCCO1.CCOc1cc(-c2ccc(F)cc2)c(C2CC2)cc1CN1CCC(N2CCc3nc(C(C)C)c(C(=O)O)cc3C2=O)CC1.CCOc1cc(-c2ccc(F)cc2)c(C2CC2)cc1CN1CCC(N2CCc3nc(C(C)C)c(C(=O)OC)cc3C2=O)CC1.[Na+].[OH-]. The van der Waals surface area contributed by atoms with Crippen molar-refractivity contribution in [2.45, 2.75) is 180 Å². The number of ether oxygens (including phenoxy) is 4. The fourth-order valence-electron chi connectivity index (χ4n) is 14.2. The van der Waals surface area contributed by atoms with Crippen LogP contribution < -0.4 is 39.0 Å². The molecule has 2 amide bonds. The number of carboxylic acids is 1. The largest absolute Gasteiger partial charge is 1.00 e. The molecule has 3 saturated heterocycles. The van der Waals surface area contributed by atoms with Gasteiger partial charge in [-0.3, -0.25) is 29.4 Å². The molecule has 7 aliphatic rings. The first-order valence-electron chi connectivity index (χ1n) is 34.1. The number of rotatable bonds is 18. The van der Waals surface area contributed by atoms with Gasteiger partial charge in [0.15, 0.2) is 0 Å². The summed E-state index contributed by atoms with van der Waals surface area (Å²) in [5, 5.41) is 9.76. The first kappa shape index (κ1) is 72.6. The number of pyridine rings is 2. The molecule has 0 radical (unpaired) electrons. The summed E-state index contributed by atoms with van der Waals surface area (Å²) in [6.45, 7) is 22.4. The number of halogens is 2. The topological polar surface area (TPSA) is 194 Å². The zero-order valence-electron chi connectivity index (χ0n) is 57.0. The van der Waals surface area contributed by atoms with Crippen LogP contribution in [0.4, 0.5) is 8.78 Å². The van der Waals surface area contributed by atoms with E-state index in [1.54, 1.807) is 12.1 Å². The average molecular weight is 1310 g/mol. The average Bonchev–Trinajstić information content (AvgIpc) is 1.77. The van der Waals surface area contributed by atoms with Gasteiger partial charge in [-0.15, -0.1) is 0 Å². The molecule has 2 aliphatic carbocycles. The second-order valence-electron chi connectivity index (χ2n) is 26.8. The molecule has 2 aromatic heterocycles. The van der Waals surface area contributed by atoms with Crippen molar-refractivity contribution in [3.05, 3.63) is 164 Å². The fraction of sp³-hybridized carbons (Fsp3) is 0.500. The number of amides is 2. The van der Waals surface area contributed by atoms with Crippen molar-refractivity contribution in [3.8, 4) is 33.8 Å². The summed E-state index contributed by atoms with van der Waals surface area (Å²) in [5.74, 6) is 0.735. The van der Waals surface area contributed by atoms with Gasteiger partial charge in [-0.2, -0.15) is 0 Å². The predicted molar refractivity (Wildman–Crippen MR) is 358 cm³/mol. The fourth-order valence-corrected chi connectivity index (χ4v) is 14.2. The maximum Gasteiger partial charge on any atom is 1.00 e. The van der Waals surface area contributed by atoms with E-state index in [0.29, 0.717) is 90.9 Å². The normalized spacial score (nSPS) is 18.4. The van der Waals surface area contributed by atoms with Gasteiger partial charge in [0, 0.05) is 95.0 Å². The summed E-state index contributed by atoms with van der Waals surface area (Å²) in [5.41, 5.74) is 13.5. The number of aromatic nitrogens is 2. The summed E-state index contributed by atoms with van der Waals surface area (Å²) in [7, 11) is 1.36. The molecular weight excluding hydrogens is 1220 g/mol. The Labute approximate surface area is 581 Å². The molecule has 1 atom stereocenters. The molecule has 16 nitrogen and oxygen atoms in total. The summed E-state index contributed by atoms with van der Waals surface area (Å²) in [6, 6.07) is 25.9. The molecule has 5 aliphatic heterocycles. The van der Waals surface area contributed by atoms with E-state index in [1.807, 2.05) is 75.6 Å². The van der Waals surface area contributed by atoms with E-state index in [2.05, 4.69) is 46.0 Å². The van der Waals surface area contributed by atoms with Gasteiger partial charge < -0.3 is 39.3 Å². The van der Waals surface area contributed by atoms with Crippen LogP contribution in [0, 0.1) is 11.6 Å².